The highest BCUT2D eigenvalue weighted by atomic mass is 16.5. The maximum Gasteiger partial charge on any atom is 0.252 e. The molecule has 1 amide bonds. The van der Waals surface area contributed by atoms with Crippen molar-refractivity contribution in [1.29, 1.82) is 0 Å². The summed E-state index contributed by atoms with van der Waals surface area (Å²) >= 11 is 0. The van der Waals surface area contributed by atoms with Crippen molar-refractivity contribution in [1.82, 2.24) is 10.5 Å². The SMILES string of the molecule is Cc1noc(C)c1CNC(=O)C1(O)CCc2ccccc2C1. The number of rotatable bonds is 3. The molecule has 1 aromatic carbocycles. The van der Waals surface area contributed by atoms with Gasteiger partial charge in [-0.2, -0.15) is 0 Å². The maximum atomic E-state index is 12.4. The lowest BCUT2D eigenvalue weighted by Crippen LogP contribution is -2.50. The minimum Gasteiger partial charge on any atom is -0.380 e. The van der Waals surface area contributed by atoms with Gasteiger partial charge in [-0.25, -0.2) is 0 Å². The molecule has 2 aromatic rings. The summed E-state index contributed by atoms with van der Waals surface area (Å²) in [5.41, 5.74) is 2.55. The molecule has 5 nitrogen and oxygen atoms in total. The van der Waals surface area contributed by atoms with E-state index in [1.165, 1.54) is 5.56 Å². The number of nitrogens with one attached hydrogen (secondary N) is 1. The third kappa shape index (κ3) is 2.64. The van der Waals surface area contributed by atoms with Crippen LogP contribution in [0.2, 0.25) is 0 Å². The Morgan fingerprint density at radius 3 is 2.77 bits per heavy atom. The zero-order valence-electron chi connectivity index (χ0n) is 12.8. The predicted molar refractivity (Wildman–Crippen MR) is 81.2 cm³/mol. The summed E-state index contributed by atoms with van der Waals surface area (Å²) in [5, 5.41) is 17.4. The van der Waals surface area contributed by atoms with Gasteiger partial charge < -0.3 is 14.9 Å². The number of amides is 1. The largest absolute Gasteiger partial charge is 0.380 e. The van der Waals surface area contributed by atoms with Crippen LogP contribution in [-0.4, -0.2) is 21.8 Å². The number of aryl methyl sites for hydroxylation is 3. The Hall–Kier alpha value is -2.14. The van der Waals surface area contributed by atoms with E-state index in [0.717, 1.165) is 16.8 Å². The fourth-order valence-electron chi connectivity index (χ4n) is 3.00. The maximum absolute atomic E-state index is 12.4. The summed E-state index contributed by atoms with van der Waals surface area (Å²) in [7, 11) is 0. The van der Waals surface area contributed by atoms with Crippen molar-refractivity contribution in [3.8, 4) is 0 Å². The second-order valence-electron chi connectivity index (χ2n) is 5.96. The van der Waals surface area contributed by atoms with E-state index >= 15 is 0 Å². The van der Waals surface area contributed by atoms with Gasteiger partial charge in [0.15, 0.2) is 0 Å². The number of benzene rings is 1. The molecule has 1 heterocycles. The zero-order chi connectivity index (χ0) is 15.7. The standard InChI is InChI=1S/C17H20N2O3/c1-11-15(12(2)22-19-11)10-18-16(20)17(21)8-7-13-5-3-4-6-14(13)9-17/h3-6,21H,7-10H2,1-2H3,(H,18,20). The molecule has 2 N–H and O–H groups in total. The van der Waals surface area contributed by atoms with Crippen LogP contribution in [0, 0.1) is 13.8 Å². The second-order valence-corrected chi connectivity index (χ2v) is 5.96. The molecule has 1 aliphatic rings. The molecule has 116 valence electrons. The molecule has 1 unspecified atom stereocenters. The van der Waals surface area contributed by atoms with Crippen LogP contribution in [0.25, 0.3) is 0 Å². The lowest BCUT2D eigenvalue weighted by Gasteiger charge is -2.32. The van der Waals surface area contributed by atoms with E-state index < -0.39 is 5.60 Å². The van der Waals surface area contributed by atoms with Crippen molar-refractivity contribution >= 4 is 5.91 Å². The van der Waals surface area contributed by atoms with Gasteiger partial charge in [0.05, 0.1) is 5.69 Å². The molecule has 0 bridgehead atoms. The van der Waals surface area contributed by atoms with E-state index in [1.807, 2.05) is 32.0 Å². The first kappa shape index (κ1) is 14.8. The van der Waals surface area contributed by atoms with E-state index in [0.29, 0.717) is 31.6 Å². The van der Waals surface area contributed by atoms with Gasteiger partial charge in [-0.15, -0.1) is 0 Å². The molecule has 0 aliphatic heterocycles. The number of hydrogen-bond donors (Lipinski definition) is 2. The van der Waals surface area contributed by atoms with Crippen LogP contribution in [0.15, 0.2) is 28.8 Å². The molecule has 0 spiro atoms. The van der Waals surface area contributed by atoms with Gasteiger partial charge in [-0.1, -0.05) is 29.4 Å². The number of fused-ring (bicyclic) bond motifs is 1. The predicted octanol–water partition coefficient (Wildman–Crippen LogP) is 1.83. The molecule has 0 saturated heterocycles. The molecule has 0 radical (unpaired) electrons. The smallest absolute Gasteiger partial charge is 0.252 e. The second kappa shape index (κ2) is 5.57. The van der Waals surface area contributed by atoms with Crippen molar-refractivity contribution in [2.75, 3.05) is 0 Å². The van der Waals surface area contributed by atoms with Crippen LogP contribution < -0.4 is 5.32 Å². The van der Waals surface area contributed by atoms with Crippen LogP contribution in [0.5, 0.6) is 0 Å². The van der Waals surface area contributed by atoms with Gasteiger partial charge in [0, 0.05) is 18.5 Å². The van der Waals surface area contributed by atoms with Gasteiger partial charge in [0.25, 0.3) is 5.91 Å². The molecule has 0 fully saturated rings. The summed E-state index contributed by atoms with van der Waals surface area (Å²) < 4.78 is 5.08. The average molecular weight is 300 g/mol. The van der Waals surface area contributed by atoms with Crippen LogP contribution in [-0.2, 0) is 24.2 Å². The number of nitrogens with zero attached hydrogens (tertiary/aromatic N) is 1. The number of carbonyl (C=O) groups is 1. The normalized spacial score (nSPS) is 20.5. The molecule has 22 heavy (non-hydrogen) atoms. The Kier molecular flexibility index (Phi) is 3.74. The van der Waals surface area contributed by atoms with E-state index in [9.17, 15) is 9.90 Å². The Balaban J connectivity index is 1.70. The number of hydrogen-bond acceptors (Lipinski definition) is 4. The van der Waals surface area contributed by atoms with Gasteiger partial charge >= 0.3 is 0 Å². The molecular formula is C17H20N2O3. The van der Waals surface area contributed by atoms with Crippen LogP contribution in [0.1, 0.15) is 34.6 Å². The number of aliphatic hydroxyl groups is 1. The molecule has 0 saturated carbocycles. The fourth-order valence-corrected chi connectivity index (χ4v) is 3.00. The third-order valence-electron chi connectivity index (χ3n) is 4.44. The van der Waals surface area contributed by atoms with E-state index in [4.69, 9.17) is 4.52 Å². The van der Waals surface area contributed by atoms with Crippen molar-refractivity contribution in [2.45, 2.75) is 45.3 Å². The van der Waals surface area contributed by atoms with Crippen LogP contribution in [0.4, 0.5) is 0 Å². The minimum atomic E-state index is -1.34. The van der Waals surface area contributed by atoms with Crippen molar-refractivity contribution in [3.63, 3.8) is 0 Å². The van der Waals surface area contributed by atoms with Gasteiger partial charge in [0.2, 0.25) is 0 Å². The fraction of sp³-hybridized carbons (Fsp3) is 0.412. The van der Waals surface area contributed by atoms with Crippen molar-refractivity contribution in [3.05, 3.63) is 52.4 Å². The average Bonchev–Trinajstić information content (AvgIpc) is 2.83. The highest BCUT2D eigenvalue weighted by Crippen LogP contribution is 2.29. The first-order chi connectivity index (χ1) is 10.5. The zero-order valence-corrected chi connectivity index (χ0v) is 12.8. The van der Waals surface area contributed by atoms with Crippen molar-refractivity contribution < 1.29 is 14.4 Å². The highest BCUT2D eigenvalue weighted by molar-refractivity contribution is 5.85. The number of carbonyl (C=O) groups excluding carboxylic acids is 1. The summed E-state index contributed by atoms with van der Waals surface area (Å²) in [6, 6.07) is 7.95. The summed E-state index contributed by atoms with van der Waals surface area (Å²) in [6.45, 7) is 3.97. The molecular weight excluding hydrogens is 280 g/mol. The van der Waals surface area contributed by atoms with Gasteiger partial charge in [-0.3, -0.25) is 4.79 Å². The first-order valence-electron chi connectivity index (χ1n) is 7.49. The molecule has 3 rings (SSSR count). The topological polar surface area (TPSA) is 75.4 Å². The van der Waals surface area contributed by atoms with E-state index in [2.05, 4.69) is 16.5 Å². The lowest BCUT2D eigenvalue weighted by atomic mass is 9.80. The molecule has 1 atom stereocenters. The van der Waals surface area contributed by atoms with Gasteiger partial charge in [-0.05, 0) is 37.8 Å². The molecule has 5 heteroatoms. The highest BCUT2D eigenvalue weighted by Gasteiger charge is 2.39. The van der Waals surface area contributed by atoms with E-state index in [1.54, 1.807) is 0 Å². The Bertz CT molecular complexity index is 688. The van der Waals surface area contributed by atoms with Crippen LogP contribution >= 0.6 is 0 Å². The Morgan fingerprint density at radius 1 is 1.36 bits per heavy atom. The molecule has 1 aliphatic carbocycles. The monoisotopic (exact) mass is 300 g/mol. The first-order valence-corrected chi connectivity index (χ1v) is 7.49. The third-order valence-corrected chi connectivity index (χ3v) is 4.44. The number of aromatic nitrogens is 1. The van der Waals surface area contributed by atoms with Gasteiger partial charge in [0.1, 0.15) is 11.4 Å². The molecule has 1 aromatic heterocycles. The lowest BCUT2D eigenvalue weighted by molar-refractivity contribution is -0.141. The summed E-state index contributed by atoms with van der Waals surface area (Å²) in [4.78, 5) is 12.4. The minimum absolute atomic E-state index is 0.323. The Labute approximate surface area is 129 Å². The quantitative estimate of drug-likeness (QED) is 0.907. The summed E-state index contributed by atoms with van der Waals surface area (Å²) in [6.07, 6.45) is 1.51. The van der Waals surface area contributed by atoms with E-state index in [-0.39, 0.29) is 5.91 Å². The van der Waals surface area contributed by atoms with Crippen LogP contribution in [0.3, 0.4) is 0 Å². The van der Waals surface area contributed by atoms with Crippen molar-refractivity contribution in [2.24, 2.45) is 0 Å². The summed E-state index contributed by atoms with van der Waals surface area (Å²) in [5.74, 6) is 0.362. The Morgan fingerprint density at radius 2 is 2.09 bits per heavy atom.